The van der Waals surface area contributed by atoms with E-state index < -0.39 is 0 Å². The van der Waals surface area contributed by atoms with Crippen molar-refractivity contribution in [3.05, 3.63) is 60.2 Å². The summed E-state index contributed by atoms with van der Waals surface area (Å²) in [5.74, 6) is 1.52. The number of nitrogens with zero attached hydrogens (tertiary/aromatic N) is 5. The lowest BCUT2D eigenvalue weighted by molar-refractivity contribution is 0.122. The molecule has 0 unspecified atom stereocenters. The van der Waals surface area contributed by atoms with Crippen molar-refractivity contribution in [3.8, 4) is 5.75 Å². The lowest BCUT2D eigenvalue weighted by atomic mass is 10.2. The van der Waals surface area contributed by atoms with E-state index in [0.717, 1.165) is 11.3 Å². The fraction of sp³-hybridized carbons (Fsp3) is 0.200. The molecule has 3 aromatic rings. The number of phenols is 1. The van der Waals surface area contributed by atoms with E-state index in [4.69, 9.17) is 4.74 Å². The van der Waals surface area contributed by atoms with E-state index in [1.165, 1.54) is 0 Å². The molecule has 1 aromatic heterocycles. The highest BCUT2D eigenvalue weighted by molar-refractivity contribution is 5.80. The molecule has 0 saturated carbocycles. The number of hydrogen-bond acceptors (Lipinski definition) is 9. The summed E-state index contributed by atoms with van der Waals surface area (Å²) in [7, 11) is 0. The first-order valence-corrected chi connectivity index (χ1v) is 9.25. The standard InChI is InChI=1S/C20H21N7O2/c28-17-8-6-15(7-9-17)14-21-26-19-23-18(22-16-4-2-1-3-5-16)24-20(25-19)27-10-12-29-13-11-27/h1-9,14,28H,10-13H2,(H2,22,23,24,25,26)/b21-14-. The van der Waals surface area contributed by atoms with Gasteiger partial charge < -0.3 is 20.1 Å². The van der Waals surface area contributed by atoms with Crippen molar-refractivity contribution in [2.45, 2.75) is 0 Å². The first-order valence-electron chi connectivity index (χ1n) is 9.25. The number of phenolic OH excluding ortho intramolecular Hbond substituents is 1. The van der Waals surface area contributed by atoms with E-state index in [1.807, 2.05) is 30.3 Å². The number of aromatic nitrogens is 3. The van der Waals surface area contributed by atoms with Crippen LogP contribution in [-0.4, -0.2) is 52.6 Å². The van der Waals surface area contributed by atoms with Gasteiger partial charge in [0.15, 0.2) is 0 Å². The number of aromatic hydroxyl groups is 1. The summed E-state index contributed by atoms with van der Waals surface area (Å²) in [5, 5.41) is 16.8. The second kappa shape index (κ2) is 8.98. The normalized spacial score (nSPS) is 14.1. The number of rotatable bonds is 6. The summed E-state index contributed by atoms with van der Waals surface area (Å²) in [5.41, 5.74) is 4.57. The molecule has 1 saturated heterocycles. The average molecular weight is 391 g/mol. The number of morpholine rings is 1. The van der Waals surface area contributed by atoms with Crippen LogP contribution in [0.1, 0.15) is 5.56 Å². The molecule has 148 valence electrons. The Bertz CT molecular complexity index is 958. The second-order valence-corrected chi connectivity index (χ2v) is 6.33. The SMILES string of the molecule is Oc1ccc(/C=N\Nc2nc(Nc3ccccc3)nc(N3CCOCC3)n2)cc1. The van der Waals surface area contributed by atoms with Crippen LogP contribution in [0.15, 0.2) is 59.7 Å². The molecule has 4 rings (SSSR count). The molecule has 29 heavy (non-hydrogen) atoms. The molecule has 2 aromatic carbocycles. The van der Waals surface area contributed by atoms with Gasteiger partial charge in [-0.2, -0.15) is 20.1 Å². The van der Waals surface area contributed by atoms with E-state index in [0.29, 0.717) is 44.1 Å². The van der Waals surface area contributed by atoms with Crippen molar-refractivity contribution in [1.29, 1.82) is 0 Å². The quantitative estimate of drug-likeness (QED) is 0.435. The Morgan fingerprint density at radius 3 is 2.41 bits per heavy atom. The number of ether oxygens (including phenoxy) is 1. The summed E-state index contributed by atoms with van der Waals surface area (Å²) in [6.07, 6.45) is 1.63. The monoisotopic (exact) mass is 391 g/mol. The van der Waals surface area contributed by atoms with Gasteiger partial charge in [0.25, 0.3) is 0 Å². The predicted molar refractivity (Wildman–Crippen MR) is 112 cm³/mol. The van der Waals surface area contributed by atoms with Gasteiger partial charge in [-0.25, -0.2) is 5.43 Å². The smallest absolute Gasteiger partial charge is 0.250 e. The minimum atomic E-state index is 0.208. The molecule has 0 bridgehead atoms. The molecule has 1 aliphatic heterocycles. The van der Waals surface area contributed by atoms with E-state index in [-0.39, 0.29) is 5.75 Å². The zero-order valence-electron chi connectivity index (χ0n) is 15.7. The Hall–Kier alpha value is -3.72. The van der Waals surface area contributed by atoms with Gasteiger partial charge in [0.2, 0.25) is 17.8 Å². The van der Waals surface area contributed by atoms with Crippen molar-refractivity contribution < 1.29 is 9.84 Å². The molecule has 1 fully saturated rings. The minimum absolute atomic E-state index is 0.208. The van der Waals surface area contributed by atoms with E-state index in [2.05, 4.69) is 35.7 Å². The lowest BCUT2D eigenvalue weighted by Gasteiger charge is -2.27. The lowest BCUT2D eigenvalue weighted by Crippen LogP contribution is -2.37. The van der Waals surface area contributed by atoms with Gasteiger partial charge in [-0.15, -0.1) is 0 Å². The topological polar surface area (TPSA) is 108 Å². The van der Waals surface area contributed by atoms with Gasteiger partial charge in [-0.1, -0.05) is 18.2 Å². The summed E-state index contributed by atoms with van der Waals surface area (Å²) in [6, 6.07) is 16.4. The number of para-hydroxylation sites is 1. The van der Waals surface area contributed by atoms with Crippen LogP contribution in [0.5, 0.6) is 5.75 Å². The number of hydrazone groups is 1. The fourth-order valence-corrected chi connectivity index (χ4v) is 2.75. The van der Waals surface area contributed by atoms with Crippen molar-refractivity contribution in [3.63, 3.8) is 0 Å². The third kappa shape index (κ3) is 5.17. The zero-order valence-corrected chi connectivity index (χ0v) is 15.7. The molecule has 0 aliphatic carbocycles. The number of anilines is 4. The molecule has 1 aliphatic rings. The molecule has 9 nitrogen and oxygen atoms in total. The van der Waals surface area contributed by atoms with Crippen LogP contribution < -0.4 is 15.6 Å². The largest absolute Gasteiger partial charge is 0.508 e. The van der Waals surface area contributed by atoms with Crippen LogP contribution in [-0.2, 0) is 4.74 Å². The molecule has 3 N–H and O–H groups in total. The first-order chi connectivity index (χ1) is 14.3. The Balaban J connectivity index is 1.55. The van der Waals surface area contributed by atoms with Gasteiger partial charge in [0.1, 0.15) is 5.75 Å². The van der Waals surface area contributed by atoms with Crippen LogP contribution in [0.25, 0.3) is 0 Å². The number of hydrogen-bond donors (Lipinski definition) is 3. The van der Waals surface area contributed by atoms with Gasteiger partial charge in [0.05, 0.1) is 19.4 Å². The number of benzene rings is 2. The highest BCUT2D eigenvalue weighted by Crippen LogP contribution is 2.18. The molecule has 0 radical (unpaired) electrons. The van der Waals surface area contributed by atoms with Crippen LogP contribution in [0.2, 0.25) is 0 Å². The van der Waals surface area contributed by atoms with Crippen molar-refractivity contribution in [2.75, 3.05) is 41.9 Å². The Morgan fingerprint density at radius 1 is 0.931 bits per heavy atom. The van der Waals surface area contributed by atoms with Crippen molar-refractivity contribution >= 4 is 29.7 Å². The Kier molecular flexibility index (Phi) is 5.77. The molecule has 2 heterocycles. The predicted octanol–water partition coefficient (Wildman–Crippen LogP) is 2.60. The van der Waals surface area contributed by atoms with Crippen LogP contribution in [0, 0.1) is 0 Å². The molecular formula is C20H21N7O2. The highest BCUT2D eigenvalue weighted by Gasteiger charge is 2.16. The molecule has 9 heteroatoms. The van der Waals surface area contributed by atoms with E-state index in [9.17, 15) is 5.11 Å². The third-order valence-corrected chi connectivity index (χ3v) is 4.22. The average Bonchev–Trinajstić information content (AvgIpc) is 2.76. The maximum absolute atomic E-state index is 9.36. The van der Waals surface area contributed by atoms with Crippen LogP contribution in [0.4, 0.5) is 23.5 Å². The summed E-state index contributed by atoms with van der Waals surface area (Å²) >= 11 is 0. The van der Waals surface area contributed by atoms with Gasteiger partial charge in [0, 0.05) is 18.8 Å². The maximum atomic E-state index is 9.36. The van der Waals surface area contributed by atoms with Gasteiger partial charge >= 0.3 is 0 Å². The van der Waals surface area contributed by atoms with Crippen molar-refractivity contribution in [1.82, 2.24) is 15.0 Å². The molecule has 0 spiro atoms. The second-order valence-electron chi connectivity index (χ2n) is 6.33. The van der Waals surface area contributed by atoms with E-state index in [1.54, 1.807) is 30.5 Å². The fourth-order valence-electron chi connectivity index (χ4n) is 2.75. The maximum Gasteiger partial charge on any atom is 0.250 e. The molecular weight excluding hydrogens is 370 g/mol. The third-order valence-electron chi connectivity index (χ3n) is 4.22. The van der Waals surface area contributed by atoms with Gasteiger partial charge in [-0.05, 0) is 42.0 Å². The van der Waals surface area contributed by atoms with E-state index >= 15 is 0 Å². The number of nitrogens with one attached hydrogen (secondary N) is 2. The summed E-state index contributed by atoms with van der Waals surface area (Å²) in [4.78, 5) is 15.5. The Morgan fingerprint density at radius 2 is 1.66 bits per heavy atom. The summed E-state index contributed by atoms with van der Waals surface area (Å²) < 4.78 is 5.41. The molecule has 0 atom stereocenters. The van der Waals surface area contributed by atoms with Crippen LogP contribution >= 0.6 is 0 Å². The van der Waals surface area contributed by atoms with Crippen molar-refractivity contribution in [2.24, 2.45) is 5.10 Å². The summed E-state index contributed by atoms with van der Waals surface area (Å²) in [6.45, 7) is 2.69. The molecule has 0 amide bonds. The zero-order chi connectivity index (χ0) is 19.9. The highest BCUT2D eigenvalue weighted by atomic mass is 16.5. The van der Waals surface area contributed by atoms with Gasteiger partial charge in [-0.3, -0.25) is 0 Å². The Labute approximate surface area is 168 Å². The van der Waals surface area contributed by atoms with Crippen LogP contribution in [0.3, 0.4) is 0 Å². The first kappa shape index (κ1) is 18.6. The minimum Gasteiger partial charge on any atom is -0.508 e.